The van der Waals surface area contributed by atoms with E-state index in [0.29, 0.717) is 10.9 Å². The minimum absolute atomic E-state index is 0.119. The minimum Gasteiger partial charge on any atom is -0.508 e. The van der Waals surface area contributed by atoms with Gasteiger partial charge >= 0.3 is 12.4 Å². The van der Waals surface area contributed by atoms with Crippen LogP contribution in [0.1, 0.15) is 62.8 Å². The Labute approximate surface area is 346 Å². The molecule has 0 amide bonds. The smallest absolute Gasteiger partial charge is 0.418 e. The summed E-state index contributed by atoms with van der Waals surface area (Å²) in [7, 11) is 0. The van der Waals surface area contributed by atoms with Crippen molar-refractivity contribution in [2.75, 3.05) is 0 Å². The Morgan fingerprint density at radius 3 is 1.74 bits per heavy atom. The van der Waals surface area contributed by atoms with Crippen LogP contribution in [0.3, 0.4) is 0 Å². The third-order valence-electron chi connectivity index (χ3n) is 11.2. The molecule has 3 N–H and O–H groups in total. The zero-order valence-corrected chi connectivity index (χ0v) is 34.2. The van der Waals surface area contributed by atoms with Gasteiger partial charge in [0, 0.05) is 40.9 Å². The highest BCUT2D eigenvalue weighted by atomic mass is 19.4. The van der Waals surface area contributed by atoms with Gasteiger partial charge in [0.1, 0.15) is 17.4 Å². The molecule has 4 aromatic carbocycles. The van der Waals surface area contributed by atoms with Crippen molar-refractivity contribution >= 4 is 21.8 Å². The summed E-state index contributed by atoms with van der Waals surface area (Å²) >= 11 is 0. The molecule has 0 fully saturated rings. The van der Waals surface area contributed by atoms with Gasteiger partial charge in [0.25, 0.3) is 0 Å². The highest BCUT2D eigenvalue weighted by molar-refractivity contribution is 5.79. The molecule has 0 aliphatic carbocycles. The maximum absolute atomic E-state index is 14.4. The van der Waals surface area contributed by atoms with E-state index in [9.17, 15) is 60.0 Å². The number of hydrogen-bond acceptors (Lipinski definition) is 5. The highest BCUT2D eigenvalue weighted by Gasteiger charge is 2.57. The molecular formula is C46H46F8N2O5. The molecule has 0 saturated carbocycles. The molecule has 0 saturated heterocycles. The number of alkyl halides is 6. The normalized spacial score (nSPS) is 14.6. The first kappa shape index (κ1) is 46.5. The van der Waals surface area contributed by atoms with Gasteiger partial charge in [0.15, 0.2) is 22.1 Å². The quantitative estimate of drug-likeness (QED) is 0.119. The van der Waals surface area contributed by atoms with Crippen LogP contribution in [0, 0.1) is 25.5 Å². The predicted molar refractivity (Wildman–Crippen MR) is 218 cm³/mol. The fourth-order valence-electron chi connectivity index (χ4n) is 7.79. The van der Waals surface area contributed by atoms with Crippen LogP contribution >= 0.6 is 0 Å². The molecule has 0 aliphatic heterocycles. The van der Waals surface area contributed by atoms with Crippen LogP contribution < -0.4 is 10.9 Å². The number of aryl methyl sites for hydroxylation is 2. The number of rotatable bonds is 10. The summed E-state index contributed by atoms with van der Waals surface area (Å²) in [4.78, 5) is 24.1. The van der Waals surface area contributed by atoms with Crippen molar-refractivity contribution in [3.63, 3.8) is 0 Å². The Hall–Kier alpha value is -5.54. The largest absolute Gasteiger partial charge is 0.508 e. The number of aromatic nitrogens is 2. The molecule has 326 valence electrons. The molecule has 0 radical (unpaired) electrons. The van der Waals surface area contributed by atoms with Crippen molar-refractivity contribution in [1.29, 1.82) is 0 Å². The lowest BCUT2D eigenvalue weighted by Gasteiger charge is -2.38. The lowest BCUT2D eigenvalue weighted by molar-refractivity contribution is -0.271. The summed E-state index contributed by atoms with van der Waals surface area (Å²) in [5, 5.41) is 31.9. The van der Waals surface area contributed by atoms with Crippen molar-refractivity contribution in [1.82, 2.24) is 9.13 Å². The first-order valence-electron chi connectivity index (χ1n) is 19.1. The van der Waals surface area contributed by atoms with Crippen LogP contribution in [-0.2, 0) is 23.9 Å². The molecule has 15 heteroatoms. The Morgan fingerprint density at radius 1 is 0.590 bits per heavy atom. The van der Waals surface area contributed by atoms with E-state index in [1.54, 1.807) is 38.1 Å². The molecule has 0 spiro atoms. The number of aliphatic hydroxyl groups is 2. The van der Waals surface area contributed by atoms with E-state index >= 15 is 0 Å². The van der Waals surface area contributed by atoms with Gasteiger partial charge in [0.05, 0.1) is 24.1 Å². The number of fused-ring (bicyclic) bond motifs is 2. The van der Waals surface area contributed by atoms with Gasteiger partial charge in [-0.05, 0) is 96.7 Å². The number of nitrogens with zero attached hydrogens (tertiary/aromatic N) is 2. The molecule has 6 aromatic rings. The maximum Gasteiger partial charge on any atom is 0.418 e. The number of phenolic OH excluding ortho intramolecular Hbond substituents is 1. The number of aromatic hydroxyl groups is 1. The topological polar surface area (TPSA) is 105 Å². The van der Waals surface area contributed by atoms with Crippen LogP contribution in [0.4, 0.5) is 35.1 Å². The Morgan fingerprint density at radius 2 is 1.13 bits per heavy atom. The van der Waals surface area contributed by atoms with E-state index < -0.39 is 83.1 Å². The zero-order chi connectivity index (χ0) is 45.5. The van der Waals surface area contributed by atoms with Crippen molar-refractivity contribution in [2.45, 2.75) is 102 Å². The molecular weight excluding hydrogens is 812 g/mol. The van der Waals surface area contributed by atoms with Gasteiger partial charge in [0.2, 0.25) is 0 Å². The second-order valence-corrected chi connectivity index (χ2v) is 16.9. The van der Waals surface area contributed by atoms with Gasteiger partial charge in [-0.25, -0.2) is 8.78 Å². The summed E-state index contributed by atoms with van der Waals surface area (Å²) in [6.45, 7) is 8.09. The summed E-state index contributed by atoms with van der Waals surface area (Å²) in [5.41, 5.74) is -7.03. The first-order valence-corrected chi connectivity index (χ1v) is 19.1. The molecule has 2 atom stereocenters. The summed E-state index contributed by atoms with van der Waals surface area (Å²) in [5.74, 6) is -2.09. The highest BCUT2D eigenvalue weighted by Crippen LogP contribution is 2.45. The molecule has 0 aliphatic rings. The van der Waals surface area contributed by atoms with Crippen LogP contribution in [0.2, 0.25) is 0 Å². The number of phenols is 1. The van der Waals surface area contributed by atoms with E-state index in [2.05, 4.69) is 0 Å². The number of halogens is 8. The van der Waals surface area contributed by atoms with Gasteiger partial charge in [-0.1, -0.05) is 64.1 Å². The second-order valence-electron chi connectivity index (χ2n) is 16.9. The zero-order valence-electron chi connectivity index (χ0n) is 34.2. The standard InChI is InChI=1S/C24H26F3NO2.C22H20F5NO3/c1-16-9-10-18(13-17(16)2)22(3,4)14-23(30,24(25,26)27)15-28-12-11-21(29)19-7-5-6-8-20(19)28;1-20(2,15-10-13(23)6-7-18(15)30)11-21(31,22(25,26)27)12-28-9-8-17(29)14-4-3-5-16(24)19(14)28/h5-13,30H,14-15H2,1-4H3;3-10,30-31H,11-12H2,1-2H3. The van der Waals surface area contributed by atoms with Crippen LogP contribution in [0.5, 0.6) is 5.75 Å². The lowest BCUT2D eigenvalue weighted by Crippen LogP contribution is -2.52. The van der Waals surface area contributed by atoms with E-state index in [1.807, 2.05) is 32.0 Å². The average Bonchev–Trinajstić information content (AvgIpc) is 3.15. The third-order valence-corrected chi connectivity index (χ3v) is 11.2. The summed E-state index contributed by atoms with van der Waals surface area (Å²) in [6, 6.07) is 20.7. The van der Waals surface area contributed by atoms with E-state index in [1.165, 1.54) is 42.8 Å². The van der Waals surface area contributed by atoms with E-state index in [-0.39, 0.29) is 21.9 Å². The molecule has 7 nitrogen and oxygen atoms in total. The van der Waals surface area contributed by atoms with Crippen molar-refractivity contribution < 1.29 is 50.4 Å². The minimum atomic E-state index is -5.16. The Bertz CT molecular complexity index is 2690. The monoisotopic (exact) mass is 858 g/mol. The first-order chi connectivity index (χ1) is 28.1. The van der Waals surface area contributed by atoms with E-state index in [0.717, 1.165) is 57.8 Å². The summed E-state index contributed by atoms with van der Waals surface area (Å²) < 4.78 is 115. The SMILES string of the molecule is CC(C)(CC(O)(Cn1ccc(=O)c2cccc(F)c21)C(F)(F)F)c1cc(F)ccc1O.Cc1ccc(C(C)(C)CC(O)(Cn2ccc(=O)c3ccccc32)C(F)(F)F)cc1C. The van der Waals surface area contributed by atoms with Crippen LogP contribution in [0.25, 0.3) is 21.8 Å². The Balaban J connectivity index is 0.000000231. The third kappa shape index (κ3) is 9.83. The Kier molecular flexibility index (Phi) is 12.8. The van der Waals surface area contributed by atoms with E-state index in [4.69, 9.17) is 0 Å². The number of benzene rings is 4. The van der Waals surface area contributed by atoms with Crippen LogP contribution in [0.15, 0.2) is 113 Å². The van der Waals surface area contributed by atoms with Crippen LogP contribution in [-0.4, -0.2) is 48.0 Å². The van der Waals surface area contributed by atoms with Gasteiger partial charge in [-0.2, -0.15) is 26.3 Å². The van der Waals surface area contributed by atoms with Gasteiger partial charge in [-0.15, -0.1) is 0 Å². The van der Waals surface area contributed by atoms with Crippen molar-refractivity contribution in [3.05, 3.63) is 158 Å². The summed E-state index contributed by atoms with van der Waals surface area (Å²) in [6.07, 6.45) is -9.21. The fraction of sp³-hybridized carbons (Fsp3) is 0.348. The molecule has 0 bridgehead atoms. The molecule has 2 heterocycles. The predicted octanol–water partition coefficient (Wildman–Crippen LogP) is 9.93. The number of pyridine rings is 2. The fourth-order valence-corrected chi connectivity index (χ4v) is 7.79. The van der Waals surface area contributed by atoms with Gasteiger partial charge < -0.3 is 24.5 Å². The average molecular weight is 859 g/mol. The molecule has 2 aromatic heterocycles. The molecule has 61 heavy (non-hydrogen) atoms. The van der Waals surface area contributed by atoms with Gasteiger partial charge in [-0.3, -0.25) is 9.59 Å². The molecule has 2 unspecified atom stereocenters. The molecule has 6 rings (SSSR count). The lowest BCUT2D eigenvalue weighted by atomic mass is 9.74. The van der Waals surface area contributed by atoms with Crippen molar-refractivity contribution in [3.8, 4) is 5.75 Å². The maximum atomic E-state index is 14.4. The number of hydrogen-bond donors (Lipinski definition) is 3. The number of para-hydroxylation sites is 2. The van der Waals surface area contributed by atoms with Crippen molar-refractivity contribution in [2.24, 2.45) is 0 Å². The second kappa shape index (κ2) is 16.7.